The van der Waals surface area contributed by atoms with Crippen LogP contribution in [0, 0.1) is 11.8 Å². The van der Waals surface area contributed by atoms with Gasteiger partial charge in [-0.25, -0.2) is 9.59 Å². The van der Waals surface area contributed by atoms with Gasteiger partial charge >= 0.3 is 6.03 Å². The fourth-order valence-corrected chi connectivity index (χ4v) is 3.84. The van der Waals surface area contributed by atoms with Crippen LogP contribution in [0.2, 0.25) is 0 Å². The largest absolute Gasteiger partial charge is 0.451 e. The molecule has 0 aromatic carbocycles. The predicted molar refractivity (Wildman–Crippen MR) is 108 cm³/mol. The van der Waals surface area contributed by atoms with Crippen LogP contribution in [-0.4, -0.2) is 61.2 Å². The normalized spacial score (nSPS) is 32.8. The predicted octanol–water partition coefficient (Wildman–Crippen LogP) is 2.13. The molecular formula is C21H30N3O5+. The first kappa shape index (κ1) is 22.9. The van der Waals surface area contributed by atoms with Gasteiger partial charge in [0, 0.05) is 24.7 Å². The molecule has 0 aliphatic carbocycles. The molecule has 0 spiro atoms. The van der Waals surface area contributed by atoms with Crippen LogP contribution in [0.1, 0.15) is 33.1 Å². The van der Waals surface area contributed by atoms with Gasteiger partial charge in [-0.15, -0.1) is 4.99 Å². The second kappa shape index (κ2) is 9.89. The van der Waals surface area contributed by atoms with Crippen molar-refractivity contribution in [2.45, 2.75) is 51.5 Å². The molecule has 1 saturated heterocycles. The van der Waals surface area contributed by atoms with Gasteiger partial charge in [-0.05, 0) is 30.9 Å². The summed E-state index contributed by atoms with van der Waals surface area (Å²) < 4.78 is 11.9. The summed E-state index contributed by atoms with van der Waals surface area (Å²) in [5, 5.41) is 0. The Bertz CT molecular complexity index is 768. The van der Waals surface area contributed by atoms with E-state index in [0.29, 0.717) is 24.2 Å². The SMILES string of the molecule is CCC(C)CC1OC([N+]2(C)C=CC(N)=NC2=O)C(OC)C1CC(=C=O)/C=C\C=O. The summed E-state index contributed by atoms with van der Waals surface area (Å²) >= 11 is 0. The Balaban J connectivity index is 2.39. The Hall–Kier alpha value is -2.38. The van der Waals surface area contributed by atoms with E-state index in [4.69, 9.17) is 15.2 Å². The number of allylic oxidation sites excluding steroid dienone is 3. The number of nitrogens with zero attached hydrogens (tertiary/aromatic N) is 2. The third-order valence-corrected chi connectivity index (χ3v) is 5.78. The summed E-state index contributed by atoms with van der Waals surface area (Å²) in [4.78, 5) is 38.6. The van der Waals surface area contributed by atoms with E-state index in [0.717, 1.165) is 12.8 Å². The number of urea groups is 1. The number of carbonyl (C=O) groups is 2. The molecule has 6 atom stereocenters. The van der Waals surface area contributed by atoms with E-state index in [9.17, 15) is 14.4 Å². The summed E-state index contributed by atoms with van der Waals surface area (Å²) in [6, 6.07) is -0.438. The first-order valence-electron chi connectivity index (χ1n) is 9.78. The number of carbonyl (C=O) groups excluding carboxylic acids is 3. The lowest BCUT2D eigenvalue weighted by Crippen LogP contribution is -2.57. The third-order valence-electron chi connectivity index (χ3n) is 5.78. The number of amidine groups is 1. The van der Waals surface area contributed by atoms with E-state index < -0.39 is 18.4 Å². The molecule has 2 heterocycles. The summed E-state index contributed by atoms with van der Waals surface area (Å²) in [5.74, 6) is 2.25. The number of quaternary nitrogens is 1. The van der Waals surface area contributed by atoms with Gasteiger partial charge in [-0.3, -0.25) is 4.79 Å². The van der Waals surface area contributed by atoms with Crippen LogP contribution in [0.4, 0.5) is 4.79 Å². The number of aldehydes is 1. The third kappa shape index (κ3) is 4.97. The summed E-state index contributed by atoms with van der Waals surface area (Å²) in [5.41, 5.74) is 6.01. The van der Waals surface area contributed by atoms with E-state index in [1.165, 1.54) is 12.2 Å². The van der Waals surface area contributed by atoms with Gasteiger partial charge in [0.2, 0.25) is 6.23 Å². The van der Waals surface area contributed by atoms with Crippen LogP contribution in [0.5, 0.6) is 0 Å². The number of rotatable bonds is 9. The molecule has 0 bridgehead atoms. The highest BCUT2D eigenvalue weighted by molar-refractivity contribution is 5.99. The van der Waals surface area contributed by atoms with E-state index in [2.05, 4.69) is 18.8 Å². The molecule has 2 aliphatic heterocycles. The highest BCUT2D eigenvalue weighted by Gasteiger charge is 2.56. The topological polar surface area (TPSA) is 108 Å². The maximum atomic E-state index is 12.7. The van der Waals surface area contributed by atoms with Crippen molar-refractivity contribution < 1.29 is 28.3 Å². The molecule has 8 heteroatoms. The van der Waals surface area contributed by atoms with Crippen LogP contribution in [0.25, 0.3) is 0 Å². The van der Waals surface area contributed by atoms with Crippen LogP contribution in [0.3, 0.4) is 0 Å². The van der Waals surface area contributed by atoms with Crippen LogP contribution in [0.15, 0.2) is 35.0 Å². The van der Waals surface area contributed by atoms with Crippen molar-refractivity contribution in [3.8, 4) is 0 Å². The molecule has 2 N–H and O–H groups in total. The quantitative estimate of drug-likeness (QED) is 0.207. The first-order valence-corrected chi connectivity index (χ1v) is 9.78. The van der Waals surface area contributed by atoms with E-state index in [-0.39, 0.29) is 22.3 Å². The van der Waals surface area contributed by atoms with Crippen molar-refractivity contribution in [2.75, 3.05) is 14.2 Å². The first-order chi connectivity index (χ1) is 13.8. The Kier molecular flexibility index (Phi) is 7.81. The molecule has 29 heavy (non-hydrogen) atoms. The van der Waals surface area contributed by atoms with Gasteiger partial charge in [0.15, 0.2) is 0 Å². The highest BCUT2D eigenvalue weighted by Crippen LogP contribution is 2.41. The van der Waals surface area contributed by atoms with Crippen molar-refractivity contribution in [1.29, 1.82) is 0 Å². The lowest BCUT2D eigenvalue weighted by atomic mass is 9.85. The number of amides is 2. The summed E-state index contributed by atoms with van der Waals surface area (Å²) in [7, 11) is 3.27. The second-order valence-electron chi connectivity index (χ2n) is 7.79. The molecule has 0 aromatic rings. The maximum absolute atomic E-state index is 12.7. The minimum Gasteiger partial charge on any atom is -0.383 e. The van der Waals surface area contributed by atoms with Gasteiger partial charge in [-0.2, -0.15) is 4.48 Å². The molecule has 0 radical (unpaired) electrons. The minimum absolute atomic E-state index is 0.149. The van der Waals surface area contributed by atoms with Crippen molar-refractivity contribution >= 4 is 24.1 Å². The molecule has 2 aliphatic rings. The van der Waals surface area contributed by atoms with E-state index in [1.807, 2.05) is 5.94 Å². The standard InChI is InChI=1S/C21H29N3O5/c1-5-14(2)11-17-16(12-15(13-26)7-6-10-25)19(28-4)20(29-17)24(3)9-8-18(22)23-21(24)27/h6-10,14,16-17,19-20H,5,11-12H2,1-4H3,(H-,22,23,27)/p+1/b7-6-. The fraction of sp³-hybridized carbons (Fsp3) is 0.571. The fourth-order valence-electron chi connectivity index (χ4n) is 3.84. The Morgan fingerprint density at radius 2 is 2.24 bits per heavy atom. The Morgan fingerprint density at radius 1 is 1.52 bits per heavy atom. The maximum Gasteiger partial charge on any atom is 0.451 e. The molecule has 0 aromatic heterocycles. The Morgan fingerprint density at radius 3 is 2.79 bits per heavy atom. The number of nitrogens with two attached hydrogens (primary N) is 1. The van der Waals surface area contributed by atoms with Crippen molar-refractivity contribution in [3.63, 3.8) is 0 Å². The molecule has 0 saturated carbocycles. The molecule has 8 nitrogen and oxygen atoms in total. The average molecular weight is 404 g/mol. The Labute approximate surface area is 171 Å². The molecule has 2 amide bonds. The molecule has 158 valence electrons. The zero-order chi connectivity index (χ0) is 21.6. The molecule has 1 fully saturated rings. The monoisotopic (exact) mass is 404 g/mol. The second-order valence-corrected chi connectivity index (χ2v) is 7.79. The minimum atomic E-state index is -0.636. The smallest absolute Gasteiger partial charge is 0.383 e. The van der Waals surface area contributed by atoms with E-state index >= 15 is 0 Å². The van der Waals surface area contributed by atoms with Gasteiger partial charge in [0.25, 0.3) is 0 Å². The van der Waals surface area contributed by atoms with Crippen LogP contribution < -0.4 is 5.73 Å². The molecule has 6 unspecified atom stereocenters. The van der Waals surface area contributed by atoms with Gasteiger partial charge < -0.3 is 15.2 Å². The van der Waals surface area contributed by atoms with Crippen LogP contribution in [-0.2, 0) is 19.1 Å². The summed E-state index contributed by atoms with van der Waals surface area (Å²) in [6.07, 6.45) is 7.29. The van der Waals surface area contributed by atoms with Crippen molar-refractivity contribution in [2.24, 2.45) is 22.6 Å². The summed E-state index contributed by atoms with van der Waals surface area (Å²) in [6.45, 7) is 4.23. The number of likely N-dealkylation sites (N-methyl/N-ethyl adjacent to an activating group) is 1. The van der Waals surface area contributed by atoms with Gasteiger partial charge in [-0.1, -0.05) is 20.3 Å². The average Bonchev–Trinajstić information content (AvgIpc) is 3.05. The number of ether oxygens (including phenoxy) is 2. The lowest BCUT2D eigenvalue weighted by Gasteiger charge is -2.35. The van der Waals surface area contributed by atoms with Crippen molar-refractivity contribution in [1.82, 2.24) is 0 Å². The number of hydrogen-bond acceptors (Lipinski definition) is 6. The van der Waals surface area contributed by atoms with Crippen LogP contribution >= 0.6 is 0 Å². The van der Waals surface area contributed by atoms with Gasteiger partial charge in [0.05, 0.1) is 13.2 Å². The number of methoxy groups -OCH3 is 1. The molecule has 2 rings (SSSR count). The number of hydrogen-bond donors (Lipinski definition) is 1. The van der Waals surface area contributed by atoms with E-state index in [1.54, 1.807) is 26.4 Å². The zero-order valence-electron chi connectivity index (χ0n) is 17.4. The molecular weight excluding hydrogens is 374 g/mol. The number of aliphatic imine (C=N–C) groups is 1. The highest BCUT2D eigenvalue weighted by atomic mass is 16.6. The lowest BCUT2D eigenvalue weighted by molar-refractivity contribution is -0.835. The van der Waals surface area contributed by atoms with Crippen molar-refractivity contribution in [3.05, 3.63) is 30.0 Å². The van der Waals surface area contributed by atoms with Gasteiger partial charge in [0.1, 0.15) is 30.4 Å². The zero-order valence-corrected chi connectivity index (χ0v) is 17.4.